The second-order valence-corrected chi connectivity index (χ2v) is 9.25. The van der Waals surface area contributed by atoms with Gasteiger partial charge >= 0.3 is 0 Å². The highest BCUT2D eigenvalue weighted by Gasteiger charge is 2.31. The molecule has 0 radical (unpaired) electrons. The Labute approximate surface area is 173 Å². The van der Waals surface area contributed by atoms with Crippen LogP contribution in [0.2, 0.25) is 0 Å². The predicted octanol–water partition coefficient (Wildman–Crippen LogP) is 3.79. The highest BCUT2D eigenvalue weighted by molar-refractivity contribution is 8.00. The average molecular weight is 419 g/mol. The molecular formula is C21H14N4O2S2. The number of sulfonamides is 1. The van der Waals surface area contributed by atoms with E-state index in [-0.39, 0.29) is 4.90 Å². The number of hydrogen-bond donors (Lipinski definition) is 0. The van der Waals surface area contributed by atoms with E-state index in [1.54, 1.807) is 36.3 Å². The summed E-state index contributed by atoms with van der Waals surface area (Å²) in [6.45, 7) is 0.332. The maximum absolute atomic E-state index is 13.3. The van der Waals surface area contributed by atoms with Gasteiger partial charge in [0, 0.05) is 29.0 Å². The van der Waals surface area contributed by atoms with Crippen molar-refractivity contribution in [1.82, 2.24) is 4.98 Å². The lowest BCUT2D eigenvalue weighted by molar-refractivity contribution is 0.591. The van der Waals surface area contributed by atoms with Gasteiger partial charge < -0.3 is 0 Å². The van der Waals surface area contributed by atoms with Crippen LogP contribution < -0.4 is 4.31 Å². The number of aromatic nitrogens is 1. The standard InChI is InChI=1S/C21H14N4O2S2/c22-11-15-1-5-17(6-2-15)19-13-24-14-20-21(19)28-10-9-25(20)29(26,27)18-7-3-16(12-23)4-8-18/h1-8,13-14H,9-10H2. The van der Waals surface area contributed by atoms with Crippen molar-refractivity contribution in [2.24, 2.45) is 0 Å². The highest BCUT2D eigenvalue weighted by Crippen LogP contribution is 2.43. The molecule has 1 aromatic heterocycles. The molecule has 29 heavy (non-hydrogen) atoms. The zero-order chi connectivity index (χ0) is 20.4. The first-order valence-electron chi connectivity index (χ1n) is 8.69. The second kappa shape index (κ2) is 7.59. The van der Waals surface area contributed by atoms with Gasteiger partial charge in [-0.15, -0.1) is 11.8 Å². The van der Waals surface area contributed by atoms with Crippen molar-refractivity contribution in [3.05, 3.63) is 72.1 Å². The number of thioether (sulfide) groups is 1. The Hall–Kier alpha value is -3.33. The summed E-state index contributed by atoms with van der Waals surface area (Å²) in [5.41, 5.74) is 3.20. The summed E-state index contributed by atoms with van der Waals surface area (Å²) < 4.78 is 27.9. The normalized spacial score (nSPS) is 13.2. The smallest absolute Gasteiger partial charge is 0.263 e. The van der Waals surface area contributed by atoms with E-state index in [1.165, 1.54) is 28.6 Å². The minimum Gasteiger partial charge on any atom is -0.263 e. The number of fused-ring (bicyclic) bond motifs is 1. The molecule has 0 spiro atoms. The summed E-state index contributed by atoms with van der Waals surface area (Å²) >= 11 is 1.59. The molecule has 1 aliphatic rings. The zero-order valence-corrected chi connectivity index (χ0v) is 16.7. The van der Waals surface area contributed by atoms with Crippen LogP contribution in [-0.2, 0) is 10.0 Å². The first-order valence-corrected chi connectivity index (χ1v) is 11.1. The van der Waals surface area contributed by atoms with E-state index in [0.717, 1.165) is 16.0 Å². The Balaban J connectivity index is 1.79. The number of rotatable bonds is 3. The Morgan fingerprint density at radius 3 is 2.17 bits per heavy atom. The monoisotopic (exact) mass is 418 g/mol. The van der Waals surface area contributed by atoms with Gasteiger partial charge in [-0.05, 0) is 42.0 Å². The number of pyridine rings is 1. The Kier molecular flexibility index (Phi) is 4.98. The van der Waals surface area contributed by atoms with E-state index in [9.17, 15) is 8.42 Å². The van der Waals surface area contributed by atoms with E-state index in [4.69, 9.17) is 10.5 Å². The van der Waals surface area contributed by atoms with Gasteiger partial charge in [0.1, 0.15) is 0 Å². The molecule has 0 N–H and O–H groups in total. The third-order valence-electron chi connectivity index (χ3n) is 4.58. The van der Waals surface area contributed by atoms with Crippen LogP contribution >= 0.6 is 11.8 Å². The summed E-state index contributed by atoms with van der Waals surface area (Å²) in [6, 6.07) is 17.1. The third kappa shape index (κ3) is 3.44. The first kappa shape index (κ1) is 19.0. The molecular weight excluding hydrogens is 404 g/mol. The predicted molar refractivity (Wildman–Crippen MR) is 111 cm³/mol. The van der Waals surface area contributed by atoms with E-state index in [1.807, 2.05) is 18.2 Å². The number of benzene rings is 2. The maximum Gasteiger partial charge on any atom is 0.264 e. The summed E-state index contributed by atoms with van der Waals surface area (Å²) in [4.78, 5) is 5.25. The molecule has 8 heteroatoms. The molecule has 2 aromatic carbocycles. The molecule has 2 heterocycles. The quantitative estimate of drug-likeness (QED) is 0.642. The van der Waals surface area contributed by atoms with Crippen LogP contribution in [0, 0.1) is 22.7 Å². The molecule has 0 amide bonds. The largest absolute Gasteiger partial charge is 0.264 e. The maximum atomic E-state index is 13.3. The van der Waals surface area contributed by atoms with Crippen molar-refractivity contribution < 1.29 is 8.42 Å². The molecule has 0 saturated carbocycles. The summed E-state index contributed by atoms with van der Waals surface area (Å²) in [5, 5.41) is 17.9. The molecule has 4 rings (SSSR count). The number of nitrogens with zero attached hydrogens (tertiary/aromatic N) is 4. The van der Waals surface area contributed by atoms with Crippen LogP contribution in [0.1, 0.15) is 11.1 Å². The van der Waals surface area contributed by atoms with E-state index < -0.39 is 10.0 Å². The van der Waals surface area contributed by atoms with Crippen molar-refractivity contribution in [2.75, 3.05) is 16.6 Å². The van der Waals surface area contributed by atoms with Crippen LogP contribution in [-0.4, -0.2) is 25.7 Å². The Bertz CT molecular complexity index is 1260. The molecule has 1 aliphatic heterocycles. The molecule has 0 fully saturated rings. The molecule has 0 saturated heterocycles. The van der Waals surface area contributed by atoms with Gasteiger partial charge in [0.2, 0.25) is 0 Å². The van der Waals surface area contributed by atoms with Crippen molar-refractivity contribution in [3.63, 3.8) is 0 Å². The summed E-state index contributed by atoms with van der Waals surface area (Å²) in [5.74, 6) is 0.607. The molecule has 0 unspecified atom stereocenters. The van der Waals surface area contributed by atoms with Crippen molar-refractivity contribution in [1.29, 1.82) is 10.5 Å². The van der Waals surface area contributed by atoms with Crippen LogP contribution in [0.4, 0.5) is 5.69 Å². The van der Waals surface area contributed by atoms with E-state index in [0.29, 0.717) is 29.1 Å². The first-order chi connectivity index (χ1) is 14.0. The minimum absolute atomic E-state index is 0.137. The fourth-order valence-corrected chi connectivity index (χ4v) is 5.88. The van der Waals surface area contributed by atoms with E-state index in [2.05, 4.69) is 11.1 Å². The molecule has 3 aromatic rings. The van der Waals surface area contributed by atoms with Crippen molar-refractivity contribution >= 4 is 27.5 Å². The van der Waals surface area contributed by atoms with Gasteiger partial charge in [-0.2, -0.15) is 10.5 Å². The van der Waals surface area contributed by atoms with Crippen LogP contribution in [0.25, 0.3) is 11.1 Å². The lowest BCUT2D eigenvalue weighted by atomic mass is 10.1. The summed E-state index contributed by atoms with van der Waals surface area (Å²) in [6.07, 6.45) is 3.28. The molecule has 142 valence electrons. The fraction of sp³-hybridized carbons (Fsp3) is 0.0952. The van der Waals surface area contributed by atoms with Crippen molar-refractivity contribution in [2.45, 2.75) is 9.79 Å². The van der Waals surface area contributed by atoms with Crippen LogP contribution in [0.5, 0.6) is 0 Å². The van der Waals surface area contributed by atoms with Gasteiger partial charge in [0.05, 0.1) is 40.0 Å². The molecule has 6 nitrogen and oxygen atoms in total. The van der Waals surface area contributed by atoms with Gasteiger partial charge in [-0.25, -0.2) is 8.42 Å². The minimum atomic E-state index is -3.78. The second-order valence-electron chi connectivity index (χ2n) is 6.29. The lowest BCUT2D eigenvalue weighted by Gasteiger charge is -2.30. The Morgan fingerprint density at radius 1 is 0.931 bits per heavy atom. The van der Waals surface area contributed by atoms with Gasteiger partial charge in [-0.1, -0.05) is 12.1 Å². The number of anilines is 1. The van der Waals surface area contributed by atoms with Gasteiger partial charge in [0.15, 0.2) is 0 Å². The third-order valence-corrected chi connectivity index (χ3v) is 7.52. The molecule has 0 atom stereocenters. The lowest BCUT2D eigenvalue weighted by Crippen LogP contribution is -2.35. The van der Waals surface area contributed by atoms with Gasteiger partial charge in [-0.3, -0.25) is 9.29 Å². The average Bonchev–Trinajstić information content (AvgIpc) is 2.78. The zero-order valence-electron chi connectivity index (χ0n) is 15.1. The van der Waals surface area contributed by atoms with Crippen LogP contribution in [0.15, 0.2) is 70.7 Å². The SMILES string of the molecule is N#Cc1ccc(-c2cncc3c2SCCN3S(=O)(=O)c2ccc(C#N)cc2)cc1. The topological polar surface area (TPSA) is 97.8 Å². The van der Waals surface area contributed by atoms with Crippen LogP contribution in [0.3, 0.4) is 0 Å². The number of nitriles is 2. The molecule has 0 aliphatic carbocycles. The summed E-state index contributed by atoms with van der Waals surface area (Å²) in [7, 11) is -3.78. The van der Waals surface area contributed by atoms with Gasteiger partial charge in [0.25, 0.3) is 10.0 Å². The van der Waals surface area contributed by atoms with E-state index >= 15 is 0 Å². The highest BCUT2D eigenvalue weighted by atomic mass is 32.2. The number of hydrogen-bond acceptors (Lipinski definition) is 6. The Morgan fingerprint density at radius 2 is 1.55 bits per heavy atom. The fourth-order valence-electron chi connectivity index (χ4n) is 3.13. The van der Waals surface area contributed by atoms with Crippen molar-refractivity contribution in [3.8, 4) is 23.3 Å². The molecule has 0 bridgehead atoms.